The fraction of sp³-hybridized carbons (Fsp3) is 0.0208. The van der Waals surface area contributed by atoms with Crippen LogP contribution in [0.3, 0.4) is 0 Å². The average molecular weight is 858 g/mol. The summed E-state index contributed by atoms with van der Waals surface area (Å²) in [6.45, 7) is 2.03. The number of hydrogen-bond donors (Lipinski definition) is 0. The Hall–Kier alpha value is -6.44. The molecule has 53 heavy (non-hydrogen) atoms. The molecule has 0 fully saturated rings. The van der Waals surface area contributed by atoms with Crippen molar-refractivity contribution in [1.29, 1.82) is 5.26 Å². The second kappa shape index (κ2) is 15.8. The fourth-order valence-corrected chi connectivity index (χ4v) is 6.38. The number of benzene rings is 6. The van der Waals surface area contributed by atoms with E-state index in [0.717, 1.165) is 61.1 Å². The van der Waals surface area contributed by atoms with Gasteiger partial charge in [-0.15, -0.1) is 54.1 Å². The standard InChI is InChI=1S/C36H21N2O.C12H10N.Ir/c37-23-29-20-21-31-30-9-6-10-32(33-11-4-5-22-38-33)35(30)39-36(31)34(29)28-18-16-27(17-19-28)26-14-12-25(13-15-26)24-7-2-1-3-8-24;1-10-7-8-12(13-9-10)11-5-3-2-4-6-11;/h1-9,11-22H;2-5,7-9H,1H3;/q2*-1;. The van der Waals surface area contributed by atoms with Crippen molar-refractivity contribution in [2.45, 2.75) is 6.92 Å². The van der Waals surface area contributed by atoms with Gasteiger partial charge in [-0.05, 0) is 63.8 Å². The van der Waals surface area contributed by atoms with Gasteiger partial charge in [0.05, 0.1) is 17.2 Å². The maximum atomic E-state index is 9.99. The van der Waals surface area contributed by atoms with Crippen LogP contribution in [0, 0.1) is 30.4 Å². The normalized spacial score (nSPS) is 10.6. The quantitative estimate of drug-likeness (QED) is 0.162. The van der Waals surface area contributed by atoms with Gasteiger partial charge >= 0.3 is 0 Å². The van der Waals surface area contributed by atoms with E-state index < -0.39 is 0 Å². The van der Waals surface area contributed by atoms with Crippen molar-refractivity contribution in [2.75, 3.05) is 0 Å². The van der Waals surface area contributed by atoms with Crippen molar-refractivity contribution in [3.05, 3.63) is 193 Å². The zero-order valence-electron chi connectivity index (χ0n) is 28.7. The van der Waals surface area contributed by atoms with E-state index in [0.29, 0.717) is 11.1 Å². The molecule has 0 amide bonds. The maximum Gasteiger partial charge on any atom is 0.130 e. The van der Waals surface area contributed by atoms with Crippen LogP contribution in [0.5, 0.6) is 0 Å². The summed E-state index contributed by atoms with van der Waals surface area (Å²) in [5.74, 6) is 0. The van der Waals surface area contributed by atoms with Crippen molar-refractivity contribution in [3.63, 3.8) is 0 Å². The van der Waals surface area contributed by atoms with Gasteiger partial charge in [-0.2, -0.15) is 5.26 Å². The van der Waals surface area contributed by atoms with Crippen LogP contribution >= 0.6 is 0 Å². The van der Waals surface area contributed by atoms with E-state index in [1.165, 1.54) is 16.7 Å². The first-order chi connectivity index (χ1) is 25.7. The number of aryl methyl sites for hydroxylation is 1. The molecular formula is C48H31IrN3O-2. The van der Waals surface area contributed by atoms with Crippen molar-refractivity contribution in [1.82, 2.24) is 9.97 Å². The minimum absolute atomic E-state index is 0. The van der Waals surface area contributed by atoms with Crippen LogP contribution in [0.15, 0.2) is 175 Å². The van der Waals surface area contributed by atoms with Gasteiger partial charge in [0.25, 0.3) is 0 Å². The minimum atomic E-state index is 0. The summed E-state index contributed by atoms with van der Waals surface area (Å²) in [5.41, 5.74) is 13.2. The van der Waals surface area contributed by atoms with Gasteiger partial charge < -0.3 is 14.4 Å². The van der Waals surface area contributed by atoms with Crippen LogP contribution in [-0.2, 0) is 20.1 Å². The van der Waals surface area contributed by atoms with Crippen LogP contribution < -0.4 is 0 Å². The van der Waals surface area contributed by atoms with E-state index in [1.807, 2.05) is 92.0 Å². The van der Waals surface area contributed by atoms with Gasteiger partial charge in [0.1, 0.15) is 5.58 Å². The summed E-state index contributed by atoms with van der Waals surface area (Å²) in [6.07, 6.45) is 3.64. The molecule has 0 N–H and O–H groups in total. The molecule has 9 rings (SSSR count). The van der Waals surface area contributed by atoms with Gasteiger partial charge in [0.2, 0.25) is 0 Å². The Kier molecular flexibility index (Phi) is 10.5. The predicted octanol–water partition coefficient (Wildman–Crippen LogP) is 12.2. The summed E-state index contributed by atoms with van der Waals surface area (Å²) in [6, 6.07) is 61.6. The molecule has 0 saturated heterocycles. The van der Waals surface area contributed by atoms with Gasteiger partial charge in [0.15, 0.2) is 0 Å². The van der Waals surface area contributed by atoms with Crippen molar-refractivity contribution in [3.8, 4) is 62.0 Å². The molecule has 0 aliphatic rings. The first-order valence-electron chi connectivity index (χ1n) is 17.0. The van der Waals surface area contributed by atoms with Crippen LogP contribution in [-0.4, -0.2) is 9.97 Å². The van der Waals surface area contributed by atoms with Gasteiger partial charge in [-0.25, -0.2) is 0 Å². The molecule has 0 aliphatic heterocycles. The van der Waals surface area contributed by atoms with Gasteiger partial charge in [-0.3, -0.25) is 0 Å². The molecule has 1 radical (unpaired) electrons. The first-order valence-corrected chi connectivity index (χ1v) is 17.0. The van der Waals surface area contributed by atoms with E-state index in [9.17, 15) is 5.26 Å². The van der Waals surface area contributed by atoms with E-state index in [4.69, 9.17) is 4.42 Å². The third kappa shape index (κ3) is 7.34. The molecule has 0 unspecified atom stereocenters. The monoisotopic (exact) mass is 858 g/mol. The molecule has 3 aromatic heterocycles. The Bertz CT molecular complexity index is 2650. The molecular weight excluding hydrogens is 827 g/mol. The molecule has 0 atom stereocenters. The average Bonchev–Trinajstić information content (AvgIpc) is 3.61. The molecule has 3 heterocycles. The van der Waals surface area contributed by atoms with Gasteiger partial charge in [-0.1, -0.05) is 120 Å². The number of fused-ring (bicyclic) bond motifs is 3. The summed E-state index contributed by atoms with van der Waals surface area (Å²) < 4.78 is 6.51. The number of aromatic nitrogens is 2. The summed E-state index contributed by atoms with van der Waals surface area (Å²) in [4.78, 5) is 8.82. The van der Waals surface area contributed by atoms with E-state index >= 15 is 0 Å². The van der Waals surface area contributed by atoms with Crippen LogP contribution in [0.4, 0.5) is 0 Å². The molecule has 5 heteroatoms. The minimum Gasteiger partial charge on any atom is -0.500 e. The summed E-state index contributed by atoms with van der Waals surface area (Å²) >= 11 is 0. The molecule has 0 bridgehead atoms. The smallest absolute Gasteiger partial charge is 0.130 e. The molecule has 6 aromatic carbocycles. The third-order valence-electron chi connectivity index (χ3n) is 9.04. The second-order valence-electron chi connectivity index (χ2n) is 12.4. The third-order valence-corrected chi connectivity index (χ3v) is 9.04. The summed E-state index contributed by atoms with van der Waals surface area (Å²) in [5, 5.41) is 11.9. The van der Waals surface area contributed by atoms with Crippen molar-refractivity contribution in [2.24, 2.45) is 0 Å². The number of pyridine rings is 2. The Morgan fingerprint density at radius 3 is 1.83 bits per heavy atom. The van der Waals surface area contributed by atoms with Crippen molar-refractivity contribution < 1.29 is 24.5 Å². The van der Waals surface area contributed by atoms with Crippen LogP contribution in [0.2, 0.25) is 0 Å². The number of furan rings is 1. The topological polar surface area (TPSA) is 62.7 Å². The Morgan fingerprint density at radius 1 is 0.547 bits per heavy atom. The zero-order valence-corrected chi connectivity index (χ0v) is 31.1. The van der Waals surface area contributed by atoms with Crippen molar-refractivity contribution >= 4 is 21.9 Å². The largest absolute Gasteiger partial charge is 0.500 e. The molecule has 4 nitrogen and oxygen atoms in total. The molecule has 0 aliphatic carbocycles. The molecule has 9 aromatic rings. The van der Waals surface area contributed by atoms with E-state index in [-0.39, 0.29) is 20.1 Å². The van der Waals surface area contributed by atoms with E-state index in [2.05, 4.69) is 107 Å². The zero-order chi connectivity index (χ0) is 35.3. The number of rotatable bonds is 5. The van der Waals surface area contributed by atoms with E-state index in [1.54, 1.807) is 6.20 Å². The maximum absolute atomic E-state index is 9.99. The Balaban J connectivity index is 0.000000263. The number of nitriles is 1. The number of hydrogen-bond acceptors (Lipinski definition) is 4. The van der Waals surface area contributed by atoms with Crippen LogP contribution in [0.25, 0.3) is 77.8 Å². The second-order valence-corrected chi connectivity index (χ2v) is 12.4. The Morgan fingerprint density at radius 2 is 1.21 bits per heavy atom. The molecule has 0 saturated carbocycles. The Labute approximate surface area is 322 Å². The molecule has 255 valence electrons. The summed E-state index contributed by atoms with van der Waals surface area (Å²) in [7, 11) is 0. The molecule has 0 spiro atoms. The fourth-order valence-electron chi connectivity index (χ4n) is 6.38. The first kappa shape index (κ1) is 35.0. The van der Waals surface area contributed by atoms with Crippen LogP contribution in [0.1, 0.15) is 11.1 Å². The SMILES string of the molecule is Cc1ccc(-c2[c-]cccc2)nc1.N#Cc1ccc2c(oc3c(-c4ccccn4)[c-]ccc32)c1-c1ccc(-c2ccc(-c3ccccc3)cc2)cc1.[Ir]. The van der Waals surface area contributed by atoms with Gasteiger partial charge in [0, 0.05) is 43.4 Å². The number of nitrogens with zero attached hydrogens (tertiary/aromatic N) is 3. The predicted molar refractivity (Wildman–Crippen MR) is 210 cm³/mol.